The van der Waals surface area contributed by atoms with E-state index in [0.717, 1.165) is 24.1 Å². The van der Waals surface area contributed by atoms with Gasteiger partial charge in [0, 0.05) is 22.0 Å². The molecule has 0 saturated heterocycles. The molecule has 3 aromatic heterocycles. The minimum absolute atomic E-state index is 0.00299. The lowest BCUT2D eigenvalue weighted by Gasteiger charge is -2.25. The standard InChI is InChI=1S/C44H47N3OSi/c1-10-45-35-16-12-13-17-36(35)47-42(45)40-33(22-21-31-30-15-11-14-18-38(30)48-41(31)40)44(47)34-25-29(43(4,5)6)19-20-32(34)37-24-28(23-27(2)3)39(26-46(37)44)49(7,8)9/h11-22,24-27H,10,23H2,1-9H3/q+2. The fourth-order valence-electron chi connectivity index (χ4n) is 9.06. The number of hydrogen-bond acceptors (Lipinski definition) is 1. The fourth-order valence-corrected chi connectivity index (χ4v) is 10.7. The van der Waals surface area contributed by atoms with Gasteiger partial charge in [0.1, 0.15) is 11.1 Å². The van der Waals surface area contributed by atoms with Gasteiger partial charge in [-0.05, 0) is 78.3 Å². The first-order chi connectivity index (χ1) is 23.4. The molecule has 1 unspecified atom stereocenters. The molecule has 4 nitrogen and oxygen atoms in total. The highest BCUT2D eigenvalue weighted by molar-refractivity contribution is 6.89. The predicted octanol–water partition coefficient (Wildman–Crippen LogP) is 9.44. The van der Waals surface area contributed by atoms with E-state index in [-0.39, 0.29) is 5.41 Å². The van der Waals surface area contributed by atoms with E-state index in [0.29, 0.717) is 5.92 Å². The Hall–Kier alpha value is -4.48. The number of hydrogen-bond donors (Lipinski definition) is 0. The zero-order valence-corrected chi connectivity index (χ0v) is 31.4. The lowest BCUT2D eigenvalue weighted by molar-refractivity contribution is -0.734. The van der Waals surface area contributed by atoms with Gasteiger partial charge in [0.15, 0.2) is 22.8 Å². The summed E-state index contributed by atoms with van der Waals surface area (Å²) in [6.07, 6.45) is 3.67. The second kappa shape index (κ2) is 10.0. The van der Waals surface area contributed by atoms with Gasteiger partial charge in [0.05, 0.1) is 31.3 Å². The van der Waals surface area contributed by atoms with Gasteiger partial charge in [-0.1, -0.05) is 90.7 Å². The van der Waals surface area contributed by atoms with Crippen molar-refractivity contribution in [2.45, 2.75) is 85.2 Å². The van der Waals surface area contributed by atoms with Crippen LogP contribution in [0, 0.1) is 5.92 Å². The maximum absolute atomic E-state index is 6.92. The number of pyridine rings is 1. The summed E-state index contributed by atoms with van der Waals surface area (Å²) in [7, 11) is -1.76. The normalized spacial score (nSPS) is 16.7. The maximum Gasteiger partial charge on any atom is 0.364 e. The first-order valence-corrected chi connectivity index (χ1v) is 21.6. The van der Waals surface area contributed by atoms with Gasteiger partial charge in [-0.2, -0.15) is 4.57 Å². The monoisotopic (exact) mass is 661 g/mol. The topological polar surface area (TPSA) is 25.8 Å². The van der Waals surface area contributed by atoms with Gasteiger partial charge in [-0.15, -0.1) is 4.57 Å². The van der Waals surface area contributed by atoms with E-state index in [4.69, 9.17) is 4.42 Å². The van der Waals surface area contributed by atoms with Gasteiger partial charge in [-0.3, -0.25) is 0 Å². The molecule has 9 rings (SSSR count). The van der Waals surface area contributed by atoms with Crippen LogP contribution < -0.4 is 14.3 Å². The molecule has 2 aliphatic heterocycles. The SMILES string of the molecule is CC[n+]1c2n(c3ccccc31)C1(c3cc(C(C)(C)C)ccc3-c3cc(CC(C)C)c([Si](C)(C)C)c[n+]31)c1ccc3c(oc4ccccc43)c1-2. The molecule has 1 atom stereocenters. The average molecular weight is 662 g/mol. The van der Waals surface area contributed by atoms with Crippen LogP contribution >= 0.6 is 0 Å². The van der Waals surface area contributed by atoms with Gasteiger partial charge in [0.2, 0.25) is 5.69 Å². The summed E-state index contributed by atoms with van der Waals surface area (Å²) < 4.78 is 14.8. The lowest BCUT2D eigenvalue weighted by Crippen LogP contribution is -2.61. The third kappa shape index (κ3) is 3.97. The first kappa shape index (κ1) is 30.6. The van der Waals surface area contributed by atoms with Gasteiger partial charge < -0.3 is 4.42 Å². The van der Waals surface area contributed by atoms with E-state index < -0.39 is 13.7 Å². The highest BCUT2D eigenvalue weighted by atomic mass is 28.3. The summed E-state index contributed by atoms with van der Waals surface area (Å²) in [4.78, 5) is 0. The van der Waals surface area contributed by atoms with Crippen LogP contribution in [0.15, 0.2) is 95.5 Å². The van der Waals surface area contributed by atoms with Crippen LogP contribution in [0.4, 0.5) is 0 Å². The van der Waals surface area contributed by atoms with Gasteiger partial charge in [0.25, 0.3) is 0 Å². The third-order valence-electron chi connectivity index (χ3n) is 11.2. The number of para-hydroxylation sites is 3. The molecule has 246 valence electrons. The maximum atomic E-state index is 6.92. The minimum atomic E-state index is -1.76. The number of rotatable bonds is 4. The van der Waals surface area contributed by atoms with Crippen LogP contribution in [0.1, 0.15) is 63.8 Å². The molecule has 0 N–H and O–H groups in total. The third-order valence-corrected chi connectivity index (χ3v) is 13.2. The quantitative estimate of drug-likeness (QED) is 0.136. The Kier molecular flexibility index (Phi) is 6.26. The molecule has 1 spiro atoms. The van der Waals surface area contributed by atoms with Crippen molar-refractivity contribution in [3.05, 3.63) is 113 Å². The summed E-state index contributed by atoms with van der Waals surface area (Å²) in [5, 5.41) is 3.89. The van der Waals surface area contributed by atoms with Crippen LogP contribution in [0.5, 0.6) is 0 Å². The zero-order chi connectivity index (χ0) is 34.2. The zero-order valence-electron chi connectivity index (χ0n) is 30.4. The Morgan fingerprint density at radius 2 is 1.61 bits per heavy atom. The highest BCUT2D eigenvalue weighted by Gasteiger charge is 2.67. The summed E-state index contributed by atoms with van der Waals surface area (Å²) >= 11 is 0. The van der Waals surface area contributed by atoms with Crippen molar-refractivity contribution < 1.29 is 13.6 Å². The summed E-state index contributed by atoms with van der Waals surface area (Å²) in [5.41, 5.74) is 13.1. The number of aryl methyl sites for hydroxylation is 1. The smallest absolute Gasteiger partial charge is 0.364 e. The molecule has 7 aromatic rings. The minimum Gasteiger partial charge on any atom is -0.455 e. The predicted molar refractivity (Wildman–Crippen MR) is 204 cm³/mol. The van der Waals surface area contributed by atoms with Crippen molar-refractivity contribution in [2.75, 3.05) is 0 Å². The number of aromatic nitrogens is 3. The van der Waals surface area contributed by atoms with Crippen LogP contribution in [-0.4, -0.2) is 12.6 Å². The molecule has 2 aliphatic rings. The molecule has 5 heteroatoms. The average Bonchev–Trinajstić information content (AvgIpc) is 3.76. The number of imidazole rings is 1. The van der Waals surface area contributed by atoms with Gasteiger partial charge in [-0.25, -0.2) is 4.57 Å². The van der Waals surface area contributed by atoms with Crippen LogP contribution in [0.3, 0.4) is 0 Å². The van der Waals surface area contributed by atoms with Crippen molar-refractivity contribution in [1.29, 1.82) is 0 Å². The Labute approximate surface area is 290 Å². The fraction of sp³-hybridized carbons (Fsp3) is 0.318. The second-order valence-electron chi connectivity index (χ2n) is 16.9. The van der Waals surface area contributed by atoms with Crippen molar-refractivity contribution in [2.24, 2.45) is 5.92 Å². The Balaban J connectivity index is 1.54. The summed E-state index contributed by atoms with van der Waals surface area (Å²) in [6, 6.07) is 32.1. The molecule has 5 heterocycles. The highest BCUT2D eigenvalue weighted by Crippen LogP contribution is 2.55. The van der Waals surface area contributed by atoms with Crippen molar-refractivity contribution in [3.8, 4) is 22.6 Å². The molecule has 49 heavy (non-hydrogen) atoms. The molecule has 0 radical (unpaired) electrons. The largest absolute Gasteiger partial charge is 0.455 e. The first-order valence-electron chi connectivity index (χ1n) is 18.1. The summed E-state index contributed by atoms with van der Waals surface area (Å²) in [5.74, 6) is 1.80. The van der Waals surface area contributed by atoms with E-state index in [9.17, 15) is 0 Å². The molecule has 0 fully saturated rings. The number of nitrogens with zero attached hydrogens (tertiary/aromatic N) is 3. The number of furan rings is 1. The molecule has 0 bridgehead atoms. The van der Waals surface area contributed by atoms with Crippen molar-refractivity contribution in [1.82, 2.24) is 4.57 Å². The van der Waals surface area contributed by atoms with E-state index in [1.165, 1.54) is 66.7 Å². The molecule has 4 aromatic carbocycles. The van der Waals surface area contributed by atoms with E-state index in [1.807, 2.05) is 0 Å². The lowest BCUT2D eigenvalue weighted by atomic mass is 9.82. The van der Waals surface area contributed by atoms with Crippen LogP contribution in [-0.2, 0) is 24.0 Å². The number of fused-ring (bicyclic) bond motifs is 16. The molecule has 0 aliphatic carbocycles. The molecule has 0 amide bonds. The Morgan fingerprint density at radius 1 is 0.857 bits per heavy atom. The second-order valence-corrected chi connectivity index (χ2v) is 21.9. The van der Waals surface area contributed by atoms with E-state index in [2.05, 4.69) is 166 Å². The van der Waals surface area contributed by atoms with E-state index >= 15 is 0 Å². The summed E-state index contributed by atoms with van der Waals surface area (Å²) in [6.45, 7) is 22.4. The van der Waals surface area contributed by atoms with Crippen molar-refractivity contribution >= 4 is 46.2 Å². The van der Waals surface area contributed by atoms with Crippen LogP contribution in [0.25, 0.3) is 55.6 Å². The van der Waals surface area contributed by atoms with Gasteiger partial charge >= 0.3 is 11.5 Å². The Morgan fingerprint density at radius 3 is 2.35 bits per heavy atom. The van der Waals surface area contributed by atoms with Crippen molar-refractivity contribution in [3.63, 3.8) is 0 Å². The Bertz CT molecular complexity index is 2520. The molecular formula is C44H47N3OSi+2. The molecular weight excluding hydrogens is 615 g/mol. The molecule has 0 saturated carbocycles. The van der Waals surface area contributed by atoms with Crippen LogP contribution in [0.2, 0.25) is 19.6 Å². The van der Waals surface area contributed by atoms with E-state index in [1.54, 1.807) is 5.19 Å². The number of benzene rings is 4.